The Morgan fingerprint density at radius 2 is 1.00 bits per heavy atom. The number of hydrogen-bond donors (Lipinski definition) is 1. The van der Waals surface area contributed by atoms with Gasteiger partial charge in [-0.3, -0.25) is 4.79 Å². The molecular weight excluding hydrogens is 572 g/mol. The minimum Gasteiger partial charge on any atom is -0.382 e. The van der Waals surface area contributed by atoms with Crippen molar-refractivity contribution in [3.8, 4) is 0 Å². The van der Waals surface area contributed by atoms with Gasteiger partial charge in [0.25, 0.3) is 0 Å². The molecule has 266 valence electrons. The maximum atomic E-state index is 11.6. The monoisotopic (exact) mass is 643 g/mol. The lowest BCUT2D eigenvalue weighted by atomic mass is 9.58. The molecule has 0 amide bonds. The summed E-state index contributed by atoms with van der Waals surface area (Å²) >= 11 is 0. The van der Waals surface area contributed by atoms with E-state index in [0.717, 1.165) is 32.3 Å². The molecule has 0 bridgehead atoms. The van der Waals surface area contributed by atoms with Gasteiger partial charge in [0.05, 0.1) is 71.7 Å². The van der Waals surface area contributed by atoms with E-state index in [1.165, 1.54) is 83.6 Å². The first-order chi connectivity index (χ1) is 21.7. The SMILES string of the molecule is CCCCCCCCCCCCCCOCCOCCOCCOCCOCCOC1(C)CCCC(C)(C)C1(O)C=CC(C)=O. The molecule has 0 aromatic heterocycles. The molecule has 1 N–H and O–H groups in total. The molecule has 8 heteroatoms. The van der Waals surface area contributed by atoms with Crippen LogP contribution in [0.3, 0.4) is 0 Å². The lowest BCUT2D eigenvalue weighted by molar-refractivity contribution is -0.223. The van der Waals surface area contributed by atoms with Gasteiger partial charge in [0.15, 0.2) is 5.78 Å². The summed E-state index contributed by atoms with van der Waals surface area (Å²) in [6.07, 6.45) is 21.9. The Morgan fingerprint density at radius 3 is 1.44 bits per heavy atom. The highest BCUT2D eigenvalue weighted by atomic mass is 16.6. The minimum atomic E-state index is -1.24. The van der Waals surface area contributed by atoms with Gasteiger partial charge >= 0.3 is 0 Å². The molecule has 1 fully saturated rings. The highest BCUT2D eigenvalue weighted by Crippen LogP contribution is 2.51. The van der Waals surface area contributed by atoms with Crippen LogP contribution in [0.5, 0.6) is 0 Å². The van der Waals surface area contributed by atoms with Crippen LogP contribution in [0.1, 0.15) is 131 Å². The standard InChI is InChI=1S/C37H70O8/c1-6-7-8-9-10-11-12-13-14-15-16-17-23-40-24-25-41-26-27-42-28-29-43-30-31-44-32-33-45-36(5)21-18-20-35(3,4)37(36,39)22-19-34(2)38/h19,22,39H,6-18,20-21,23-33H2,1-5H3. The van der Waals surface area contributed by atoms with E-state index in [-0.39, 0.29) is 5.78 Å². The Balaban J connectivity index is 1.87. The molecule has 45 heavy (non-hydrogen) atoms. The second kappa shape index (κ2) is 26.1. The molecule has 2 atom stereocenters. The van der Waals surface area contributed by atoms with Gasteiger partial charge in [0.1, 0.15) is 5.60 Å². The summed E-state index contributed by atoms with van der Waals surface area (Å²) in [6.45, 7) is 15.6. The summed E-state index contributed by atoms with van der Waals surface area (Å²) in [6, 6.07) is 0. The molecule has 2 unspecified atom stereocenters. The normalized spacial score (nSPS) is 21.6. The van der Waals surface area contributed by atoms with Crippen molar-refractivity contribution in [3.63, 3.8) is 0 Å². The van der Waals surface area contributed by atoms with Gasteiger partial charge in [-0.05, 0) is 57.1 Å². The molecule has 1 saturated carbocycles. The Morgan fingerprint density at radius 1 is 0.600 bits per heavy atom. The van der Waals surface area contributed by atoms with E-state index in [2.05, 4.69) is 6.92 Å². The smallest absolute Gasteiger partial charge is 0.152 e. The summed E-state index contributed by atoms with van der Waals surface area (Å²) in [5, 5.41) is 11.6. The van der Waals surface area contributed by atoms with Crippen molar-refractivity contribution in [2.24, 2.45) is 5.41 Å². The van der Waals surface area contributed by atoms with Gasteiger partial charge in [-0.1, -0.05) is 91.4 Å². The van der Waals surface area contributed by atoms with Gasteiger partial charge in [-0.15, -0.1) is 0 Å². The molecule has 0 saturated heterocycles. The van der Waals surface area contributed by atoms with Crippen molar-refractivity contribution in [2.75, 3.05) is 72.7 Å². The van der Waals surface area contributed by atoms with Gasteiger partial charge in [0, 0.05) is 6.61 Å². The van der Waals surface area contributed by atoms with Crippen LogP contribution in [0.4, 0.5) is 0 Å². The highest BCUT2D eigenvalue weighted by Gasteiger charge is 2.57. The Labute approximate surface area is 276 Å². The first-order valence-corrected chi connectivity index (χ1v) is 18.1. The molecule has 0 radical (unpaired) electrons. The second-order valence-electron chi connectivity index (χ2n) is 13.5. The summed E-state index contributed by atoms with van der Waals surface area (Å²) in [5.74, 6) is -0.0881. The molecule has 0 aromatic rings. The largest absolute Gasteiger partial charge is 0.382 e. The van der Waals surface area contributed by atoms with Crippen LogP contribution in [0.25, 0.3) is 0 Å². The maximum Gasteiger partial charge on any atom is 0.152 e. The number of carbonyl (C=O) groups excluding carboxylic acids is 1. The van der Waals surface area contributed by atoms with Crippen LogP contribution in [-0.4, -0.2) is 94.8 Å². The van der Waals surface area contributed by atoms with E-state index in [1.807, 2.05) is 20.8 Å². The third-order valence-corrected chi connectivity index (χ3v) is 9.13. The Hall–Kier alpha value is -0.870. The van der Waals surface area contributed by atoms with Crippen molar-refractivity contribution < 1.29 is 38.3 Å². The van der Waals surface area contributed by atoms with Crippen LogP contribution in [0.2, 0.25) is 0 Å². The van der Waals surface area contributed by atoms with Gasteiger partial charge < -0.3 is 33.5 Å². The van der Waals surface area contributed by atoms with Gasteiger partial charge in [-0.25, -0.2) is 0 Å². The quantitative estimate of drug-likeness (QED) is 0.0610. The number of allylic oxidation sites excluding steroid dienone is 1. The van der Waals surface area contributed by atoms with Crippen molar-refractivity contribution in [2.45, 2.75) is 142 Å². The van der Waals surface area contributed by atoms with E-state index in [0.29, 0.717) is 66.1 Å². The predicted molar refractivity (Wildman–Crippen MR) is 182 cm³/mol. The number of aliphatic hydroxyl groups is 1. The van der Waals surface area contributed by atoms with Crippen molar-refractivity contribution >= 4 is 5.78 Å². The first-order valence-electron chi connectivity index (χ1n) is 18.1. The molecule has 0 heterocycles. The van der Waals surface area contributed by atoms with Gasteiger partial charge in [-0.2, -0.15) is 0 Å². The number of rotatable bonds is 31. The Bertz CT molecular complexity index is 742. The van der Waals surface area contributed by atoms with E-state index >= 15 is 0 Å². The fraction of sp³-hybridized carbons (Fsp3) is 0.919. The number of ketones is 1. The van der Waals surface area contributed by atoms with E-state index in [4.69, 9.17) is 28.4 Å². The number of ether oxygens (including phenoxy) is 6. The molecule has 0 aromatic carbocycles. The lowest BCUT2D eigenvalue weighted by Gasteiger charge is -2.55. The van der Waals surface area contributed by atoms with E-state index in [1.54, 1.807) is 6.08 Å². The first kappa shape index (κ1) is 42.2. The third-order valence-electron chi connectivity index (χ3n) is 9.13. The van der Waals surface area contributed by atoms with Gasteiger partial charge in [0.2, 0.25) is 0 Å². The average Bonchev–Trinajstić information content (AvgIpc) is 3.00. The third kappa shape index (κ3) is 18.9. The fourth-order valence-electron chi connectivity index (χ4n) is 6.14. The lowest BCUT2D eigenvalue weighted by Crippen LogP contribution is -2.63. The molecule has 0 aliphatic heterocycles. The zero-order valence-electron chi connectivity index (χ0n) is 29.8. The second-order valence-corrected chi connectivity index (χ2v) is 13.5. The summed E-state index contributed by atoms with van der Waals surface area (Å²) in [4.78, 5) is 11.6. The highest BCUT2D eigenvalue weighted by molar-refractivity contribution is 5.87. The molecular formula is C37H70O8. The van der Waals surface area contributed by atoms with Crippen LogP contribution >= 0.6 is 0 Å². The van der Waals surface area contributed by atoms with Crippen molar-refractivity contribution in [1.29, 1.82) is 0 Å². The zero-order chi connectivity index (χ0) is 33.1. The molecule has 1 rings (SSSR count). The van der Waals surface area contributed by atoms with Crippen molar-refractivity contribution in [1.82, 2.24) is 0 Å². The summed E-state index contributed by atoms with van der Waals surface area (Å²) in [7, 11) is 0. The van der Waals surface area contributed by atoms with E-state index < -0.39 is 16.6 Å². The maximum absolute atomic E-state index is 11.6. The van der Waals surface area contributed by atoms with Crippen LogP contribution < -0.4 is 0 Å². The number of unbranched alkanes of at least 4 members (excludes halogenated alkanes) is 11. The average molecular weight is 643 g/mol. The molecule has 0 spiro atoms. The van der Waals surface area contributed by atoms with Crippen LogP contribution in [-0.2, 0) is 33.2 Å². The predicted octanol–water partition coefficient (Wildman–Crippen LogP) is 7.63. The molecule has 1 aliphatic carbocycles. The number of hydrogen-bond acceptors (Lipinski definition) is 8. The zero-order valence-corrected chi connectivity index (χ0v) is 29.8. The van der Waals surface area contributed by atoms with E-state index in [9.17, 15) is 9.90 Å². The van der Waals surface area contributed by atoms with Crippen LogP contribution in [0, 0.1) is 5.41 Å². The molecule has 1 aliphatic rings. The summed E-state index contributed by atoms with van der Waals surface area (Å²) in [5.41, 5.74) is -2.44. The van der Waals surface area contributed by atoms with Crippen LogP contribution in [0.15, 0.2) is 12.2 Å². The Kier molecular flexibility index (Phi) is 24.5. The number of carbonyl (C=O) groups is 1. The fourth-order valence-corrected chi connectivity index (χ4v) is 6.14. The minimum absolute atomic E-state index is 0.0881. The molecule has 8 nitrogen and oxygen atoms in total. The topological polar surface area (TPSA) is 92.7 Å². The summed E-state index contributed by atoms with van der Waals surface area (Å²) < 4.78 is 34.2. The van der Waals surface area contributed by atoms with Crippen molar-refractivity contribution in [3.05, 3.63) is 12.2 Å².